The number of nitrogens with one attached hydrogen (secondary N) is 5. The second-order valence-corrected chi connectivity index (χ2v) is 29.8. The van der Waals surface area contributed by atoms with E-state index in [0.29, 0.717) is 27.8 Å². The van der Waals surface area contributed by atoms with E-state index in [1.54, 1.807) is 157 Å². The summed E-state index contributed by atoms with van der Waals surface area (Å²) in [5, 5.41) is 189. The van der Waals surface area contributed by atoms with Gasteiger partial charge in [-0.1, -0.05) is 182 Å². The zero-order valence-corrected chi connectivity index (χ0v) is 61.1. The van der Waals surface area contributed by atoms with Crippen LogP contribution >= 0.6 is 0 Å². The van der Waals surface area contributed by atoms with Crippen LogP contribution in [-0.4, -0.2) is 305 Å². The highest BCUT2D eigenvalue weighted by Crippen LogP contribution is 2.40. The van der Waals surface area contributed by atoms with Gasteiger partial charge in [0.2, 0.25) is 0 Å². The molecular weight excluding hydrogens is 1480 g/mol. The molecule has 35 unspecified atom stereocenters. The second kappa shape index (κ2) is 37.3. The Balaban J connectivity index is 0.800. The highest BCUT2D eigenvalue weighted by molar-refractivity contribution is 5.20. The zero-order valence-electron chi connectivity index (χ0n) is 61.1. The molecule has 16 saturated heterocycles. The molecule has 34 heteroatoms. The van der Waals surface area contributed by atoms with Crippen LogP contribution in [0.4, 0.5) is 0 Å². The highest BCUT2D eigenvalue weighted by atomic mass is 16.8. The smallest absolute Gasteiger partial charge is 0.188 e. The molecule has 6 aromatic rings. The predicted molar refractivity (Wildman–Crippen MR) is 387 cm³/mol. The molecular formula is C79H100N6O28. The summed E-state index contributed by atoms with van der Waals surface area (Å²) in [6.07, 6.45) is -64.2. The summed E-state index contributed by atoms with van der Waals surface area (Å²) in [7, 11) is 0. The Bertz CT molecular complexity index is 3850. The van der Waals surface area contributed by atoms with Gasteiger partial charge in [-0.25, -0.2) is 0 Å². The summed E-state index contributed by atoms with van der Waals surface area (Å²) in [5.74, 6) is 0. The lowest BCUT2D eigenvalue weighted by molar-refractivity contribution is -0.399. The third kappa shape index (κ3) is 18.8. The van der Waals surface area contributed by atoms with E-state index in [-0.39, 0.29) is 52.4 Å². The molecule has 16 heterocycles. The lowest BCUT2D eigenvalue weighted by atomic mass is 9.96. The molecule has 6 aromatic carbocycles. The number of hydrogen-bond acceptors (Lipinski definition) is 34. The van der Waals surface area contributed by atoms with Gasteiger partial charge in [0.05, 0.1) is 0 Å². The molecule has 16 aliphatic heterocycles. The molecule has 0 amide bonds. The van der Waals surface area contributed by atoms with E-state index in [1.807, 2.05) is 30.3 Å². The third-order valence-corrected chi connectivity index (χ3v) is 21.9. The number of ether oxygens (including phenoxy) is 14. The fourth-order valence-electron chi connectivity index (χ4n) is 15.7. The van der Waals surface area contributed by atoms with Gasteiger partial charge in [0.1, 0.15) is 172 Å². The maximum absolute atomic E-state index is 12.5. The van der Waals surface area contributed by atoms with Gasteiger partial charge in [0.25, 0.3) is 0 Å². The Kier molecular flexibility index (Phi) is 27.1. The van der Waals surface area contributed by atoms with E-state index in [4.69, 9.17) is 66.3 Å². The molecule has 113 heavy (non-hydrogen) atoms. The number of fused-ring (bicyclic) bond motifs is 2. The number of nitrogens with zero attached hydrogens (tertiary/aromatic N) is 1. The van der Waals surface area contributed by atoms with Crippen LogP contribution in [0.2, 0.25) is 0 Å². The van der Waals surface area contributed by atoms with Crippen LogP contribution in [0.3, 0.4) is 0 Å². The van der Waals surface area contributed by atoms with E-state index in [2.05, 4.69) is 26.6 Å². The number of hydrogen-bond donors (Lipinski definition) is 19. The molecule has 16 fully saturated rings. The maximum atomic E-state index is 12.5. The minimum Gasteiger partial charge on any atom is -0.387 e. The number of aliphatic hydroxyl groups is 14. The van der Waals surface area contributed by atoms with Crippen molar-refractivity contribution in [1.82, 2.24) is 31.5 Å². The lowest BCUT2D eigenvalue weighted by Crippen LogP contribution is -2.70. The van der Waals surface area contributed by atoms with E-state index in [0.717, 1.165) is 5.56 Å². The quantitative estimate of drug-likeness (QED) is 0.0415. The summed E-state index contributed by atoms with van der Waals surface area (Å²) < 4.78 is 91.3. The topological polar surface area (TPSA) is 476 Å². The fraction of sp³-hybridized carbons (Fsp3) is 0.544. The molecule has 0 aliphatic carbocycles. The molecule has 16 aliphatic rings. The SMILES string of the molecule is OC1C2OC3CN(Cc4ccccc4)CC4OC(OC3C1O)C(O)C(O)C4OC1OC(NCc3ccccc3)C(OC3OC(NCc4ccccc4)C(OC4OC(NCc5ccccc5)C(OC5OC(NCc6ccccc6)C(OC6OC(NCc7ccccc7)C(O2)C(O)C6O)C(O)C5O)C(O)C4O)C(O)C3O)C(O)C1O. The van der Waals surface area contributed by atoms with Gasteiger partial charge in [-0.2, -0.15) is 0 Å². The van der Waals surface area contributed by atoms with Crippen LogP contribution in [0, 0.1) is 0 Å². The Morgan fingerprint density at radius 2 is 0.389 bits per heavy atom. The van der Waals surface area contributed by atoms with Crippen molar-refractivity contribution in [1.29, 1.82) is 0 Å². The average molecular weight is 1580 g/mol. The first-order chi connectivity index (χ1) is 54.8. The van der Waals surface area contributed by atoms with Crippen molar-refractivity contribution < 1.29 is 138 Å². The van der Waals surface area contributed by atoms with Crippen LogP contribution in [0.5, 0.6) is 0 Å². The second-order valence-electron chi connectivity index (χ2n) is 29.8. The van der Waals surface area contributed by atoms with Crippen LogP contribution in [0.25, 0.3) is 0 Å². The maximum Gasteiger partial charge on any atom is 0.188 e. The van der Waals surface area contributed by atoms with Crippen LogP contribution in [0.1, 0.15) is 33.4 Å². The van der Waals surface area contributed by atoms with Crippen molar-refractivity contribution in [2.75, 3.05) is 13.1 Å². The van der Waals surface area contributed by atoms with Crippen LogP contribution in [0.15, 0.2) is 182 Å². The largest absolute Gasteiger partial charge is 0.387 e. The molecule has 22 rings (SSSR count). The van der Waals surface area contributed by atoms with Gasteiger partial charge in [-0.05, 0) is 33.4 Å². The monoisotopic (exact) mass is 1580 g/mol. The first-order valence-electron chi connectivity index (χ1n) is 38.1. The predicted octanol–water partition coefficient (Wildman–Crippen LogP) is -3.92. The van der Waals surface area contributed by atoms with Gasteiger partial charge >= 0.3 is 0 Å². The molecule has 0 saturated carbocycles. The zero-order chi connectivity index (χ0) is 78.6. The first-order valence-corrected chi connectivity index (χ1v) is 38.1. The van der Waals surface area contributed by atoms with Crippen molar-refractivity contribution in [3.8, 4) is 0 Å². The molecule has 34 nitrogen and oxygen atoms in total. The van der Waals surface area contributed by atoms with Gasteiger partial charge in [0, 0.05) is 52.4 Å². The van der Waals surface area contributed by atoms with Gasteiger partial charge < -0.3 is 138 Å². The van der Waals surface area contributed by atoms with E-state index >= 15 is 0 Å². The van der Waals surface area contributed by atoms with Crippen LogP contribution < -0.4 is 26.6 Å². The Hall–Kier alpha value is -6.04. The molecule has 0 spiro atoms. The fourth-order valence-corrected chi connectivity index (χ4v) is 15.7. The number of aliphatic hydroxyl groups excluding tert-OH is 14. The van der Waals surface area contributed by atoms with Crippen LogP contribution in [-0.2, 0) is 106 Å². The van der Waals surface area contributed by atoms with Crippen molar-refractivity contribution in [3.63, 3.8) is 0 Å². The lowest BCUT2D eigenvalue weighted by Gasteiger charge is -2.50. The van der Waals surface area contributed by atoms with E-state index < -0.39 is 216 Å². The summed E-state index contributed by atoms with van der Waals surface area (Å²) in [6.45, 7) is -0.234. The normalized spacial score (nSPS) is 41.9. The highest BCUT2D eigenvalue weighted by Gasteiger charge is 2.61. The van der Waals surface area contributed by atoms with Crippen molar-refractivity contribution >= 4 is 0 Å². The number of rotatable bonds is 17. The van der Waals surface area contributed by atoms with Gasteiger partial charge in [0.15, 0.2) is 44.0 Å². The average Bonchev–Trinajstić information content (AvgIpc) is 1.72. The number of benzene rings is 6. The Labute approximate surface area is 650 Å². The van der Waals surface area contributed by atoms with Crippen molar-refractivity contribution in [2.45, 2.75) is 255 Å². The van der Waals surface area contributed by atoms with E-state index in [9.17, 15) is 71.5 Å². The molecule has 14 bridgehead atoms. The standard InChI is InChI=1S/C79H100N6O28/c86-47-54(93)73-100-46-38-85(36-44-29-17-6-18-30-44)37-45-61(102-73)48(87)55(94)74(101-45)104-63-50(89)57(96)76(110-68(63)80-31-39-19-7-1-8-20-39)106-65-52(91)59(98)78(112-70(65)82-33-41-23-11-3-12-24-41)108-67-53(92)60(99)79(113-72(67)84-35-43-27-15-5-16-28-43)107-66-51(90)58(97)77(111-71(66)83-34-42-25-13-4-14-26-42)105-64-49(88)56(95)75(103-62(46)47)109-69(64)81-32-40-21-9-2-10-22-40/h1-30,45-84,86-99H,31-38H2. The molecule has 0 radical (unpaired) electrons. The molecule has 614 valence electrons. The Morgan fingerprint density at radius 3 is 0.602 bits per heavy atom. The summed E-state index contributed by atoms with van der Waals surface area (Å²) >= 11 is 0. The summed E-state index contributed by atoms with van der Waals surface area (Å²) in [5.41, 5.74) is 4.25. The van der Waals surface area contributed by atoms with Gasteiger partial charge in [-0.15, -0.1) is 0 Å². The summed E-state index contributed by atoms with van der Waals surface area (Å²) in [6, 6.07) is 53.9. The van der Waals surface area contributed by atoms with Gasteiger partial charge in [-0.3, -0.25) is 31.5 Å². The first kappa shape index (κ1) is 82.1. The molecule has 35 atom stereocenters. The molecule has 0 aromatic heterocycles. The molecule has 19 N–H and O–H groups in total. The third-order valence-electron chi connectivity index (χ3n) is 21.9. The Morgan fingerprint density at radius 1 is 0.212 bits per heavy atom. The van der Waals surface area contributed by atoms with Crippen molar-refractivity contribution in [3.05, 3.63) is 215 Å². The summed E-state index contributed by atoms with van der Waals surface area (Å²) in [4.78, 5) is 1.80. The van der Waals surface area contributed by atoms with E-state index in [1.165, 1.54) is 0 Å². The minimum atomic E-state index is -2.11. The van der Waals surface area contributed by atoms with Crippen molar-refractivity contribution in [2.24, 2.45) is 0 Å². The minimum absolute atomic E-state index is 0.00615.